The molecule has 5 heteroatoms. The molecule has 1 heterocycles. The fourth-order valence-corrected chi connectivity index (χ4v) is 3.53. The van der Waals surface area contributed by atoms with Crippen LogP contribution in [0.5, 0.6) is 0 Å². The SMILES string of the molecule is CC1CSC(=C(C#N)C(N)=O)S1. The van der Waals surface area contributed by atoms with Gasteiger partial charge in [0.05, 0.1) is 4.24 Å². The highest BCUT2D eigenvalue weighted by molar-refractivity contribution is 8.25. The number of carbonyl (C=O) groups excluding carboxylic acids is 1. The number of hydrogen-bond acceptors (Lipinski definition) is 4. The van der Waals surface area contributed by atoms with Crippen molar-refractivity contribution in [3.8, 4) is 6.07 Å². The monoisotopic (exact) mass is 200 g/mol. The Morgan fingerprint density at radius 2 is 2.50 bits per heavy atom. The predicted octanol–water partition coefficient (Wildman–Crippen LogP) is 1.08. The first-order valence-corrected chi connectivity index (χ1v) is 5.25. The molecule has 0 saturated carbocycles. The molecular weight excluding hydrogens is 192 g/mol. The van der Waals surface area contributed by atoms with E-state index in [-0.39, 0.29) is 5.57 Å². The average molecular weight is 200 g/mol. The smallest absolute Gasteiger partial charge is 0.261 e. The summed E-state index contributed by atoms with van der Waals surface area (Å²) in [7, 11) is 0. The van der Waals surface area contributed by atoms with Crippen LogP contribution >= 0.6 is 23.5 Å². The fraction of sp³-hybridized carbons (Fsp3) is 0.429. The van der Waals surface area contributed by atoms with Gasteiger partial charge in [-0.05, 0) is 0 Å². The average Bonchev–Trinajstić information content (AvgIpc) is 2.37. The first-order chi connectivity index (χ1) is 5.65. The van der Waals surface area contributed by atoms with Gasteiger partial charge in [0.2, 0.25) is 0 Å². The van der Waals surface area contributed by atoms with Gasteiger partial charge in [-0.15, -0.1) is 23.5 Å². The number of nitriles is 1. The molecule has 1 amide bonds. The predicted molar refractivity (Wildman–Crippen MR) is 51.3 cm³/mol. The minimum atomic E-state index is -0.624. The van der Waals surface area contributed by atoms with Gasteiger partial charge in [-0.1, -0.05) is 6.92 Å². The molecule has 0 aromatic carbocycles. The van der Waals surface area contributed by atoms with E-state index in [9.17, 15) is 4.79 Å². The van der Waals surface area contributed by atoms with Crippen LogP contribution in [0.3, 0.4) is 0 Å². The Morgan fingerprint density at radius 1 is 1.83 bits per heavy atom. The molecule has 3 nitrogen and oxygen atoms in total. The zero-order valence-corrected chi connectivity index (χ0v) is 8.17. The first-order valence-electron chi connectivity index (χ1n) is 3.38. The quantitative estimate of drug-likeness (QED) is 0.508. The number of hydrogen-bond donors (Lipinski definition) is 1. The van der Waals surface area contributed by atoms with Crippen molar-refractivity contribution in [2.75, 3.05) is 5.75 Å². The molecule has 1 atom stereocenters. The number of rotatable bonds is 1. The molecule has 1 aliphatic heterocycles. The minimum absolute atomic E-state index is 0.106. The molecule has 12 heavy (non-hydrogen) atoms. The van der Waals surface area contributed by atoms with E-state index in [0.29, 0.717) is 5.25 Å². The number of thioether (sulfide) groups is 2. The molecule has 1 aliphatic rings. The maximum absolute atomic E-state index is 10.7. The topological polar surface area (TPSA) is 66.9 Å². The molecule has 1 rings (SSSR count). The van der Waals surface area contributed by atoms with Crippen molar-refractivity contribution in [3.05, 3.63) is 9.81 Å². The Balaban J connectivity index is 2.89. The Labute approximate surface area is 79.4 Å². The second-order valence-corrected chi connectivity index (χ2v) is 5.12. The van der Waals surface area contributed by atoms with Gasteiger partial charge in [0.15, 0.2) is 0 Å². The lowest BCUT2D eigenvalue weighted by Gasteiger charge is -1.96. The highest BCUT2D eigenvalue weighted by Crippen LogP contribution is 2.42. The van der Waals surface area contributed by atoms with E-state index < -0.39 is 5.91 Å². The van der Waals surface area contributed by atoms with Crippen LogP contribution in [0.25, 0.3) is 0 Å². The summed E-state index contributed by atoms with van der Waals surface area (Å²) in [5.41, 5.74) is 5.13. The third-order valence-corrected chi connectivity index (χ3v) is 4.29. The van der Waals surface area contributed by atoms with Crippen molar-refractivity contribution in [2.24, 2.45) is 5.73 Å². The van der Waals surface area contributed by atoms with Gasteiger partial charge in [-0.3, -0.25) is 4.79 Å². The number of primary amides is 1. The molecular formula is C7H8N2OS2. The molecule has 0 aromatic rings. The van der Waals surface area contributed by atoms with Crippen molar-refractivity contribution in [1.29, 1.82) is 5.26 Å². The zero-order valence-electron chi connectivity index (χ0n) is 6.53. The maximum atomic E-state index is 10.7. The summed E-state index contributed by atoms with van der Waals surface area (Å²) in [5.74, 6) is 0.319. The van der Waals surface area contributed by atoms with E-state index in [2.05, 4.69) is 6.92 Å². The fourth-order valence-electron chi connectivity index (χ4n) is 0.776. The van der Waals surface area contributed by atoms with Gasteiger partial charge in [0.1, 0.15) is 11.6 Å². The molecule has 0 aliphatic carbocycles. The summed E-state index contributed by atoms with van der Waals surface area (Å²) in [6, 6.07) is 1.83. The summed E-state index contributed by atoms with van der Waals surface area (Å²) in [6.45, 7) is 2.06. The molecule has 64 valence electrons. The van der Waals surface area contributed by atoms with E-state index in [0.717, 1.165) is 9.99 Å². The molecule has 0 radical (unpaired) electrons. The van der Waals surface area contributed by atoms with Gasteiger partial charge in [0.25, 0.3) is 5.91 Å². The number of carbonyl (C=O) groups is 1. The van der Waals surface area contributed by atoms with Gasteiger partial charge < -0.3 is 5.73 Å². The van der Waals surface area contributed by atoms with Crippen LogP contribution in [-0.4, -0.2) is 16.9 Å². The molecule has 1 fully saturated rings. The Morgan fingerprint density at radius 3 is 2.83 bits per heavy atom. The number of nitrogens with two attached hydrogens (primary N) is 1. The van der Waals surface area contributed by atoms with Crippen molar-refractivity contribution < 1.29 is 4.79 Å². The van der Waals surface area contributed by atoms with E-state index in [1.54, 1.807) is 11.8 Å². The molecule has 0 bridgehead atoms. The van der Waals surface area contributed by atoms with Crippen LogP contribution < -0.4 is 5.73 Å². The Kier molecular flexibility index (Phi) is 3.06. The molecule has 0 aromatic heterocycles. The van der Waals surface area contributed by atoms with Crippen LogP contribution in [0.2, 0.25) is 0 Å². The second-order valence-electron chi connectivity index (χ2n) is 2.38. The summed E-state index contributed by atoms with van der Waals surface area (Å²) in [6.07, 6.45) is 0. The van der Waals surface area contributed by atoms with Gasteiger partial charge in [-0.25, -0.2) is 0 Å². The normalized spacial score (nSPS) is 26.5. The highest BCUT2D eigenvalue weighted by Gasteiger charge is 2.22. The summed E-state index contributed by atoms with van der Waals surface area (Å²) >= 11 is 3.08. The van der Waals surface area contributed by atoms with Crippen LogP contribution in [-0.2, 0) is 4.79 Å². The lowest BCUT2D eigenvalue weighted by Crippen LogP contribution is -2.13. The molecule has 1 unspecified atom stereocenters. The maximum Gasteiger partial charge on any atom is 0.261 e. The standard InChI is InChI=1S/C7H8N2OS2/c1-4-3-11-7(12-4)5(2-8)6(9)10/h4H,3H2,1H3,(H2,9,10). The third kappa shape index (κ3) is 1.96. The molecule has 2 N–H and O–H groups in total. The summed E-state index contributed by atoms with van der Waals surface area (Å²) < 4.78 is 0.775. The summed E-state index contributed by atoms with van der Waals surface area (Å²) in [4.78, 5) is 10.7. The largest absolute Gasteiger partial charge is 0.365 e. The van der Waals surface area contributed by atoms with E-state index in [1.807, 2.05) is 6.07 Å². The molecule has 1 saturated heterocycles. The van der Waals surface area contributed by atoms with Crippen molar-refractivity contribution >= 4 is 29.4 Å². The van der Waals surface area contributed by atoms with Gasteiger partial charge >= 0.3 is 0 Å². The summed E-state index contributed by atoms with van der Waals surface area (Å²) in [5, 5.41) is 9.07. The zero-order chi connectivity index (χ0) is 9.14. The molecule has 0 spiro atoms. The Hall–Kier alpha value is -0.600. The van der Waals surface area contributed by atoms with E-state index in [4.69, 9.17) is 11.0 Å². The van der Waals surface area contributed by atoms with Crippen LogP contribution in [0.4, 0.5) is 0 Å². The number of amides is 1. The van der Waals surface area contributed by atoms with Crippen molar-refractivity contribution in [3.63, 3.8) is 0 Å². The van der Waals surface area contributed by atoms with Crippen LogP contribution in [0.1, 0.15) is 6.92 Å². The third-order valence-electron chi connectivity index (χ3n) is 1.32. The van der Waals surface area contributed by atoms with Crippen molar-refractivity contribution in [2.45, 2.75) is 12.2 Å². The van der Waals surface area contributed by atoms with Gasteiger partial charge in [-0.2, -0.15) is 5.26 Å². The van der Waals surface area contributed by atoms with Crippen molar-refractivity contribution in [1.82, 2.24) is 0 Å². The van der Waals surface area contributed by atoms with E-state index in [1.165, 1.54) is 11.8 Å². The van der Waals surface area contributed by atoms with Crippen LogP contribution in [0, 0.1) is 11.3 Å². The highest BCUT2D eigenvalue weighted by atomic mass is 32.2. The second kappa shape index (κ2) is 3.87. The first kappa shape index (κ1) is 9.49. The van der Waals surface area contributed by atoms with Gasteiger partial charge in [0, 0.05) is 11.0 Å². The Bertz CT molecular complexity index is 280. The lowest BCUT2D eigenvalue weighted by molar-refractivity contribution is -0.114. The minimum Gasteiger partial charge on any atom is -0.365 e. The van der Waals surface area contributed by atoms with Crippen LogP contribution in [0.15, 0.2) is 9.81 Å². The number of nitrogens with zero attached hydrogens (tertiary/aromatic N) is 1. The lowest BCUT2D eigenvalue weighted by atomic mass is 10.3. The van der Waals surface area contributed by atoms with E-state index >= 15 is 0 Å².